The summed E-state index contributed by atoms with van der Waals surface area (Å²) in [5.41, 5.74) is 8.76. The van der Waals surface area contributed by atoms with Gasteiger partial charge in [-0.1, -0.05) is 23.7 Å². The number of rotatable bonds is 3. The van der Waals surface area contributed by atoms with Crippen molar-refractivity contribution in [2.45, 2.75) is 6.54 Å². The first-order valence-corrected chi connectivity index (χ1v) is 6.90. The van der Waals surface area contributed by atoms with Crippen LogP contribution in [-0.4, -0.2) is 10.9 Å². The number of nitrogen functional groups attached to an aromatic ring is 1. The minimum absolute atomic E-state index is 0.162. The summed E-state index contributed by atoms with van der Waals surface area (Å²) in [4.78, 5) is 15.2. The van der Waals surface area contributed by atoms with Crippen LogP contribution in [0.3, 0.4) is 0 Å². The number of aromatic nitrogens is 1. The van der Waals surface area contributed by atoms with Gasteiger partial charge >= 0.3 is 0 Å². The van der Waals surface area contributed by atoms with Gasteiger partial charge in [0, 0.05) is 28.2 Å². The number of hydrogen-bond donors (Lipinski definition) is 3. The van der Waals surface area contributed by atoms with Crippen LogP contribution < -0.4 is 11.1 Å². The molecule has 21 heavy (non-hydrogen) atoms. The summed E-state index contributed by atoms with van der Waals surface area (Å²) in [6.45, 7) is 0.427. The van der Waals surface area contributed by atoms with Crippen molar-refractivity contribution >= 4 is 34.1 Å². The zero-order valence-electron chi connectivity index (χ0n) is 11.2. The van der Waals surface area contributed by atoms with E-state index in [9.17, 15) is 4.79 Å². The second kappa shape index (κ2) is 5.50. The standard InChI is InChI=1S/C16H14ClN3O/c17-12-3-1-2-10(6-12)9-19-16(21)15-8-11-7-13(18)4-5-14(11)20-15/h1-8,20H,9,18H2,(H,19,21). The average molecular weight is 300 g/mol. The summed E-state index contributed by atoms with van der Waals surface area (Å²) < 4.78 is 0. The van der Waals surface area contributed by atoms with E-state index in [1.165, 1.54) is 0 Å². The summed E-state index contributed by atoms with van der Waals surface area (Å²) in [6.07, 6.45) is 0. The number of benzene rings is 2. The van der Waals surface area contributed by atoms with E-state index in [2.05, 4.69) is 10.3 Å². The molecular formula is C16H14ClN3O. The van der Waals surface area contributed by atoms with Gasteiger partial charge in [0.2, 0.25) is 0 Å². The Balaban J connectivity index is 1.74. The lowest BCUT2D eigenvalue weighted by molar-refractivity contribution is 0.0947. The average Bonchev–Trinajstić information content (AvgIpc) is 2.88. The summed E-state index contributed by atoms with van der Waals surface area (Å²) in [7, 11) is 0. The highest BCUT2D eigenvalue weighted by molar-refractivity contribution is 6.30. The first kappa shape index (κ1) is 13.5. The molecule has 2 aromatic carbocycles. The first-order chi connectivity index (χ1) is 10.1. The van der Waals surface area contributed by atoms with Crippen molar-refractivity contribution in [1.29, 1.82) is 0 Å². The fourth-order valence-electron chi connectivity index (χ4n) is 2.20. The maximum Gasteiger partial charge on any atom is 0.267 e. The predicted molar refractivity (Wildman–Crippen MR) is 85.3 cm³/mol. The third-order valence-electron chi connectivity index (χ3n) is 3.23. The van der Waals surface area contributed by atoms with E-state index in [0.29, 0.717) is 22.9 Å². The van der Waals surface area contributed by atoms with Gasteiger partial charge in [0.1, 0.15) is 5.69 Å². The molecule has 5 heteroatoms. The molecule has 0 saturated heterocycles. The first-order valence-electron chi connectivity index (χ1n) is 6.53. The molecule has 1 heterocycles. The largest absolute Gasteiger partial charge is 0.399 e. The lowest BCUT2D eigenvalue weighted by Gasteiger charge is -2.04. The van der Waals surface area contributed by atoms with E-state index in [4.69, 9.17) is 17.3 Å². The van der Waals surface area contributed by atoms with Crippen molar-refractivity contribution in [3.63, 3.8) is 0 Å². The molecule has 1 amide bonds. The van der Waals surface area contributed by atoms with Gasteiger partial charge in [-0.2, -0.15) is 0 Å². The summed E-state index contributed by atoms with van der Waals surface area (Å²) in [6, 6.07) is 14.7. The maximum absolute atomic E-state index is 12.2. The van der Waals surface area contributed by atoms with E-state index < -0.39 is 0 Å². The number of halogens is 1. The quantitative estimate of drug-likeness (QED) is 0.649. The Labute approximate surface area is 126 Å². The molecule has 4 N–H and O–H groups in total. The summed E-state index contributed by atoms with van der Waals surface area (Å²) in [5, 5.41) is 4.43. The molecule has 0 aliphatic rings. The minimum Gasteiger partial charge on any atom is -0.399 e. The Morgan fingerprint density at radius 2 is 2.05 bits per heavy atom. The van der Waals surface area contributed by atoms with Crippen molar-refractivity contribution < 1.29 is 4.79 Å². The Morgan fingerprint density at radius 1 is 1.19 bits per heavy atom. The molecule has 0 aliphatic carbocycles. The Kier molecular flexibility index (Phi) is 3.54. The van der Waals surface area contributed by atoms with Gasteiger partial charge in [-0.3, -0.25) is 4.79 Å². The molecule has 0 bridgehead atoms. The van der Waals surface area contributed by atoms with Crippen molar-refractivity contribution in [3.05, 3.63) is 64.8 Å². The molecule has 1 aromatic heterocycles. The monoisotopic (exact) mass is 299 g/mol. The van der Waals surface area contributed by atoms with Crippen molar-refractivity contribution in [1.82, 2.24) is 10.3 Å². The minimum atomic E-state index is -0.162. The Bertz CT molecular complexity index is 810. The molecule has 0 spiro atoms. The molecule has 0 fully saturated rings. The zero-order valence-corrected chi connectivity index (χ0v) is 11.9. The summed E-state index contributed by atoms with van der Waals surface area (Å²) >= 11 is 5.91. The second-order valence-electron chi connectivity index (χ2n) is 4.84. The number of aromatic amines is 1. The Morgan fingerprint density at radius 3 is 2.86 bits per heavy atom. The van der Waals surface area contributed by atoms with Crippen LogP contribution in [0.4, 0.5) is 5.69 Å². The highest BCUT2D eigenvalue weighted by atomic mass is 35.5. The molecule has 106 valence electrons. The molecule has 4 nitrogen and oxygen atoms in total. The second-order valence-corrected chi connectivity index (χ2v) is 5.28. The van der Waals surface area contributed by atoms with Crippen molar-refractivity contribution in [3.8, 4) is 0 Å². The molecule has 0 atom stereocenters. The van der Waals surface area contributed by atoms with Crippen LogP contribution in [0.1, 0.15) is 16.1 Å². The Hall–Kier alpha value is -2.46. The fraction of sp³-hybridized carbons (Fsp3) is 0.0625. The van der Waals surface area contributed by atoms with Crippen LogP contribution >= 0.6 is 11.6 Å². The van der Waals surface area contributed by atoms with Gasteiger partial charge in [0.15, 0.2) is 0 Å². The molecule has 0 unspecified atom stereocenters. The fourth-order valence-corrected chi connectivity index (χ4v) is 2.41. The van der Waals surface area contributed by atoms with E-state index in [1.807, 2.05) is 30.3 Å². The molecule has 0 aliphatic heterocycles. The van der Waals surface area contributed by atoms with Crippen LogP contribution in [0.2, 0.25) is 5.02 Å². The van der Waals surface area contributed by atoms with Gasteiger partial charge in [0.25, 0.3) is 5.91 Å². The lowest BCUT2D eigenvalue weighted by atomic mass is 10.2. The van der Waals surface area contributed by atoms with Crippen molar-refractivity contribution in [2.24, 2.45) is 0 Å². The topological polar surface area (TPSA) is 70.9 Å². The SMILES string of the molecule is Nc1ccc2[nH]c(C(=O)NCc3cccc(Cl)c3)cc2c1. The maximum atomic E-state index is 12.2. The number of fused-ring (bicyclic) bond motifs is 1. The zero-order chi connectivity index (χ0) is 14.8. The smallest absolute Gasteiger partial charge is 0.267 e. The predicted octanol–water partition coefficient (Wildman–Crippen LogP) is 3.33. The number of H-pyrrole nitrogens is 1. The van der Waals surface area contributed by atoms with Gasteiger partial charge in [-0.05, 0) is 42.0 Å². The van der Waals surface area contributed by atoms with Crippen molar-refractivity contribution in [2.75, 3.05) is 5.73 Å². The number of hydrogen-bond acceptors (Lipinski definition) is 2. The highest BCUT2D eigenvalue weighted by Crippen LogP contribution is 2.18. The third kappa shape index (κ3) is 3.01. The number of nitrogens with one attached hydrogen (secondary N) is 2. The van der Waals surface area contributed by atoms with Crippen LogP contribution in [0, 0.1) is 0 Å². The molecule has 0 radical (unpaired) electrons. The number of carbonyl (C=O) groups is 1. The number of amides is 1. The van der Waals surface area contributed by atoms with Gasteiger partial charge in [0.05, 0.1) is 0 Å². The summed E-state index contributed by atoms with van der Waals surface area (Å²) in [5.74, 6) is -0.162. The van der Waals surface area contributed by atoms with Gasteiger partial charge in [-0.25, -0.2) is 0 Å². The van der Waals surface area contributed by atoms with Crippen LogP contribution in [-0.2, 0) is 6.54 Å². The van der Waals surface area contributed by atoms with Gasteiger partial charge in [-0.15, -0.1) is 0 Å². The molecule has 3 rings (SSSR count). The third-order valence-corrected chi connectivity index (χ3v) is 3.47. The molecular weight excluding hydrogens is 286 g/mol. The number of carbonyl (C=O) groups excluding carboxylic acids is 1. The van der Waals surface area contributed by atoms with Crippen LogP contribution in [0.25, 0.3) is 10.9 Å². The highest BCUT2D eigenvalue weighted by Gasteiger charge is 2.09. The van der Waals surface area contributed by atoms with E-state index in [0.717, 1.165) is 16.5 Å². The number of anilines is 1. The van der Waals surface area contributed by atoms with E-state index in [-0.39, 0.29) is 5.91 Å². The van der Waals surface area contributed by atoms with Crippen LogP contribution in [0.5, 0.6) is 0 Å². The number of nitrogens with two attached hydrogens (primary N) is 1. The lowest BCUT2D eigenvalue weighted by Crippen LogP contribution is -2.23. The molecule has 3 aromatic rings. The van der Waals surface area contributed by atoms with Gasteiger partial charge < -0.3 is 16.0 Å². The van der Waals surface area contributed by atoms with Crippen LogP contribution in [0.15, 0.2) is 48.5 Å². The van der Waals surface area contributed by atoms with E-state index >= 15 is 0 Å². The van der Waals surface area contributed by atoms with E-state index in [1.54, 1.807) is 18.2 Å². The molecule has 0 saturated carbocycles. The normalized spacial score (nSPS) is 10.7.